The molecule has 2 aliphatic rings. The Morgan fingerprint density at radius 1 is 0.970 bits per heavy atom. The van der Waals surface area contributed by atoms with Crippen molar-refractivity contribution in [1.82, 2.24) is 0 Å². The van der Waals surface area contributed by atoms with Crippen LogP contribution in [0.15, 0.2) is 47.7 Å². The van der Waals surface area contributed by atoms with Crippen molar-refractivity contribution in [1.29, 1.82) is 0 Å². The summed E-state index contributed by atoms with van der Waals surface area (Å²) in [4.78, 5) is 53.1. The van der Waals surface area contributed by atoms with Crippen molar-refractivity contribution < 1.29 is 33.4 Å². The average Bonchev–Trinajstić information content (AvgIpc) is 3.06. The van der Waals surface area contributed by atoms with E-state index in [9.17, 15) is 19.2 Å². The van der Waals surface area contributed by atoms with Gasteiger partial charge in [0.15, 0.2) is 0 Å². The number of methoxy groups -OCH3 is 2. The molecular formula is C23H19ClN2O7. The quantitative estimate of drug-likeness (QED) is 0.496. The summed E-state index contributed by atoms with van der Waals surface area (Å²) in [6, 6.07) is 9.43. The predicted molar refractivity (Wildman–Crippen MR) is 118 cm³/mol. The number of rotatable bonds is 4. The minimum absolute atomic E-state index is 0.00174. The highest BCUT2D eigenvalue weighted by Gasteiger charge is 2.38. The van der Waals surface area contributed by atoms with Crippen molar-refractivity contribution in [3.05, 3.63) is 69.4 Å². The van der Waals surface area contributed by atoms with E-state index in [0.29, 0.717) is 22.0 Å². The van der Waals surface area contributed by atoms with Crippen LogP contribution in [-0.2, 0) is 23.8 Å². The molecule has 0 spiro atoms. The molecule has 0 unspecified atom stereocenters. The lowest BCUT2D eigenvalue weighted by molar-refractivity contribution is -0.140. The number of ether oxygens (including phenoxy) is 3. The second-order valence-corrected chi connectivity index (χ2v) is 7.76. The Kier molecular flexibility index (Phi) is 5.92. The Balaban J connectivity index is 1.74. The third-order valence-corrected chi connectivity index (χ3v) is 5.65. The van der Waals surface area contributed by atoms with Crippen LogP contribution in [0.5, 0.6) is 0 Å². The molecule has 2 aromatic rings. The molecule has 0 radical (unpaired) electrons. The van der Waals surface area contributed by atoms with Crippen molar-refractivity contribution in [3.8, 4) is 0 Å². The van der Waals surface area contributed by atoms with Crippen molar-refractivity contribution in [3.63, 3.8) is 0 Å². The summed E-state index contributed by atoms with van der Waals surface area (Å²) in [5.74, 6) is -2.36. The number of nitrogens with zero attached hydrogens (tertiary/aromatic N) is 2. The van der Waals surface area contributed by atoms with E-state index in [0.717, 1.165) is 4.90 Å². The molecule has 2 amide bonds. The van der Waals surface area contributed by atoms with Crippen LogP contribution in [0.1, 0.15) is 26.3 Å². The minimum atomic E-state index is -0.724. The van der Waals surface area contributed by atoms with Crippen LogP contribution in [0.4, 0.5) is 11.4 Å². The molecule has 10 heteroatoms. The monoisotopic (exact) mass is 470 g/mol. The van der Waals surface area contributed by atoms with Gasteiger partial charge in [0.1, 0.15) is 12.4 Å². The van der Waals surface area contributed by atoms with E-state index in [2.05, 4.69) is 0 Å². The van der Waals surface area contributed by atoms with Gasteiger partial charge in [-0.2, -0.15) is 0 Å². The van der Waals surface area contributed by atoms with Gasteiger partial charge in [-0.3, -0.25) is 9.59 Å². The van der Waals surface area contributed by atoms with Gasteiger partial charge in [-0.15, -0.1) is 0 Å². The van der Waals surface area contributed by atoms with E-state index in [1.54, 1.807) is 31.2 Å². The van der Waals surface area contributed by atoms with E-state index in [1.165, 1.54) is 31.3 Å². The highest BCUT2D eigenvalue weighted by atomic mass is 35.5. The van der Waals surface area contributed by atoms with Crippen LogP contribution in [-0.4, -0.2) is 51.3 Å². The van der Waals surface area contributed by atoms with Crippen molar-refractivity contribution in [2.75, 3.05) is 37.4 Å². The number of amides is 2. The maximum Gasteiger partial charge on any atom is 0.355 e. The molecule has 0 atom stereocenters. The molecule has 0 bridgehead atoms. The molecule has 0 aromatic heterocycles. The number of carbonyl (C=O) groups excluding carboxylic acids is 4. The summed E-state index contributed by atoms with van der Waals surface area (Å²) >= 11 is 5.99. The highest BCUT2D eigenvalue weighted by molar-refractivity contribution is 6.37. The second-order valence-electron chi connectivity index (χ2n) is 7.32. The molecule has 2 aromatic carbocycles. The normalized spacial score (nSPS) is 15.6. The van der Waals surface area contributed by atoms with Crippen molar-refractivity contribution in [2.45, 2.75) is 6.92 Å². The Labute approximate surface area is 194 Å². The summed E-state index contributed by atoms with van der Waals surface area (Å²) in [6.45, 7) is 1.60. The summed E-state index contributed by atoms with van der Waals surface area (Å²) < 4.78 is 15.1. The molecule has 0 aliphatic carbocycles. The SMILES string of the molecule is COC(=O)C1=C(C(=O)OC)N(c2ccc(N3C(=O)c4ccc(Cl)cc4C3=O)c(C)c2)COC1. The third kappa shape index (κ3) is 3.75. The molecule has 9 nitrogen and oxygen atoms in total. The zero-order chi connectivity index (χ0) is 23.9. The number of halogens is 1. The van der Waals surface area contributed by atoms with E-state index >= 15 is 0 Å². The molecule has 0 N–H and O–H groups in total. The van der Waals surface area contributed by atoms with Gasteiger partial charge in [-0.25, -0.2) is 14.5 Å². The largest absolute Gasteiger partial charge is 0.466 e. The smallest absolute Gasteiger partial charge is 0.355 e. The number of hydrogen-bond donors (Lipinski definition) is 0. The first-order valence-electron chi connectivity index (χ1n) is 9.82. The standard InChI is InChI=1S/C23H19ClN2O7/c1-12-8-14(25-11-33-10-17(22(29)31-2)19(25)23(30)32-3)5-7-18(12)26-20(27)15-6-4-13(24)9-16(15)21(26)28/h4-9H,10-11H2,1-3H3. The van der Waals surface area contributed by atoms with E-state index in [-0.39, 0.29) is 35.7 Å². The number of fused-ring (bicyclic) bond motifs is 1. The number of anilines is 2. The van der Waals surface area contributed by atoms with Crippen LogP contribution in [0.2, 0.25) is 5.02 Å². The lowest BCUT2D eigenvalue weighted by Crippen LogP contribution is -2.39. The fourth-order valence-electron chi connectivity index (χ4n) is 3.84. The number of carbonyl (C=O) groups is 4. The van der Waals surface area contributed by atoms with Gasteiger partial charge in [0, 0.05) is 10.7 Å². The van der Waals surface area contributed by atoms with Crippen LogP contribution in [0.25, 0.3) is 0 Å². The topological polar surface area (TPSA) is 102 Å². The number of benzene rings is 2. The summed E-state index contributed by atoms with van der Waals surface area (Å²) in [6.07, 6.45) is 0. The lowest BCUT2D eigenvalue weighted by Gasteiger charge is -2.32. The van der Waals surface area contributed by atoms with Gasteiger partial charge in [0.2, 0.25) is 0 Å². The molecule has 4 rings (SSSR count). The molecule has 33 heavy (non-hydrogen) atoms. The van der Waals surface area contributed by atoms with Crippen LogP contribution in [0.3, 0.4) is 0 Å². The van der Waals surface area contributed by atoms with Crippen molar-refractivity contribution >= 4 is 46.7 Å². The first-order chi connectivity index (χ1) is 15.8. The first-order valence-corrected chi connectivity index (χ1v) is 10.2. The zero-order valence-corrected chi connectivity index (χ0v) is 18.8. The van der Waals surface area contributed by atoms with Gasteiger partial charge >= 0.3 is 11.9 Å². The van der Waals surface area contributed by atoms with Crippen LogP contribution >= 0.6 is 11.6 Å². The number of hydrogen-bond acceptors (Lipinski definition) is 8. The maximum absolute atomic E-state index is 12.9. The van der Waals surface area contributed by atoms with Gasteiger partial charge < -0.3 is 19.1 Å². The average molecular weight is 471 g/mol. The van der Waals surface area contributed by atoms with Crippen LogP contribution < -0.4 is 9.80 Å². The van der Waals surface area contributed by atoms with Gasteiger partial charge in [-0.05, 0) is 48.9 Å². The fourth-order valence-corrected chi connectivity index (χ4v) is 4.01. The second kappa shape index (κ2) is 8.68. The Morgan fingerprint density at radius 3 is 2.33 bits per heavy atom. The van der Waals surface area contributed by atoms with E-state index < -0.39 is 23.8 Å². The number of aryl methyl sites for hydroxylation is 1. The molecule has 2 heterocycles. The molecule has 2 aliphatic heterocycles. The highest BCUT2D eigenvalue weighted by Crippen LogP contribution is 2.35. The molecule has 0 fully saturated rings. The van der Waals surface area contributed by atoms with E-state index in [1.807, 2.05) is 0 Å². The summed E-state index contributed by atoms with van der Waals surface area (Å²) in [5, 5.41) is 0.359. The van der Waals surface area contributed by atoms with Gasteiger partial charge in [-0.1, -0.05) is 11.6 Å². The zero-order valence-electron chi connectivity index (χ0n) is 18.0. The fraction of sp³-hybridized carbons (Fsp3) is 0.217. The van der Waals surface area contributed by atoms with E-state index in [4.69, 9.17) is 25.8 Å². The predicted octanol–water partition coefficient (Wildman–Crippen LogP) is 2.84. The lowest BCUT2D eigenvalue weighted by atomic mass is 10.1. The Morgan fingerprint density at radius 2 is 1.67 bits per heavy atom. The van der Waals surface area contributed by atoms with Crippen LogP contribution in [0, 0.1) is 6.92 Å². The van der Waals surface area contributed by atoms with Gasteiger partial charge in [0.05, 0.1) is 43.2 Å². The minimum Gasteiger partial charge on any atom is -0.466 e. The molecule has 170 valence electrons. The van der Waals surface area contributed by atoms with Crippen molar-refractivity contribution in [2.24, 2.45) is 0 Å². The Hall–Kier alpha value is -3.69. The summed E-state index contributed by atoms with van der Waals surface area (Å²) in [5.41, 5.74) is 2.00. The van der Waals surface area contributed by atoms with Gasteiger partial charge in [0.25, 0.3) is 11.8 Å². The first kappa shape index (κ1) is 22.5. The molecular weight excluding hydrogens is 452 g/mol. The Bertz CT molecular complexity index is 1240. The number of esters is 2. The summed E-state index contributed by atoms with van der Waals surface area (Å²) in [7, 11) is 2.41. The molecule has 0 saturated heterocycles. The third-order valence-electron chi connectivity index (χ3n) is 5.41. The molecule has 0 saturated carbocycles. The maximum atomic E-state index is 12.9. The number of imide groups is 1.